The lowest BCUT2D eigenvalue weighted by Gasteiger charge is -2.13. The van der Waals surface area contributed by atoms with Gasteiger partial charge < -0.3 is 8.94 Å². The van der Waals surface area contributed by atoms with Gasteiger partial charge in [-0.1, -0.05) is 65.8 Å². The van der Waals surface area contributed by atoms with E-state index in [2.05, 4.69) is 39.4 Å². The van der Waals surface area contributed by atoms with Crippen LogP contribution in [0.3, 0.4) is 0 Å². The zero-order valence-corrected chi connectivity index (χ0v) is 14.1. The van der Waals surface area contributed by atoms with E-state index in [0.29, 0.717) is 23.3 Å². The number of oxazole rings is 1. The van der Waals surface area contributed by atoms with Crippen molar-refractivity contribution in [2.75, 3.05) is 0 Å². The number of benzene rings is 2. The molecule has 0 atom stereocenters. The predicted octanol–water partition coefficient (Wildman–Crippen LogP) is 4.78. The molecule has 26 heavy (non-hydrogen) atoms. The average Bonchev–Trinajstić information content (AvgIpc) is 3.23. The van der Waals surface area contributed by atoms with E-state index in [-0.39, 0.29) is 5.92 Å². The van der Waals surface area contributed by atoms with Crippen LogP contribution in [0.2, 0.25) is 0 Å². The highest BCUT2D eigenvalue weighted by atomic mass is 16.5. The maximum absolute atomic E-state index is 5.57. The zero-order chi connectivity index (χ0) is 17.3. The highest BCUT2D eigenvalue weighted by Crippen LogP contribution is 2.44. The molecule has 0 saturated heterocycles. The third-order valence-electron chi connectivity index (χ3n) is 4.71. The largest absolute Gasteiger partial charge is 0.447 e. The van der Waals surface area contributed by atoms with Crippen molar-refractivity contribution in [1.82, 2.24) is 15.1 Å². The summed E-state index contributed by atoms with van der Waals surface area (Å²) >= 11 is 0. The summed E-state index contributed by atoms with van der Waals surface area (Å²) in [4.78, 5) is 8.98. The fraction of sp³-hybridized carbons (Fsp3) is 0.190. The molecule has 1 saturated carbocycles. The molecule has 0 N–H and O–H groups in total. The van der Waals surface area contributed by atoms with Gasteiger partial charge in [0.25, 0.3) is 5.89 Å². The zero-order valence-electron chi connectivity index (χ0n) is 14.1. The SMILES string of the molecule is c1ccc(C(c2ccccc2)c2noc(-c3ncoc3C3CC3)n2)cc1. The molecule has 128 valence electrons. The summed E-state index contributed by atoms with van der Waals surface area (Å²) in [5.41, 5.74) is 2.91. The second-order valence-corrected chi connectivity index (χ2v) is 6.55. The lowest BCUT2D eigenvalue weighted by Crippen LogP contribution is -2.05. The molecule has 0 spiro atoms. The maximum atomic E-state index is 5.57. The summed E-state index contributed by atoms with van der Waals surface area (Å²) < 4.78 is 11.1. The minimum absolute atomic E-state index is 0.0915. The van der Waals surface area contributed by atoms with E-state index in [4.69, 9.17) is 8.94 Å². The topological polar surface area (TPSA) is 65.0 Å². The quantitative estimate of drug-likeness (QED) is 0.521. The first kappa shape index (κ1) is 15.1. The predicted molar refractivity (Wildman–Crippen MR) is 95.6 cm³/mol. The van der Waals surface area contributed by atoms with Gasteiger partial charge in [-0.05, 0) is 24.0 Å². The molecule has 0 radical (unpaired) electrons. The van der Waals surface area contributed by atoms with Crippen molar-refractivity contribution in [1.29, 1.82) is 0 Å². The smallest absolute Gasteiger partial charge is 0.280 e. The first-order chi connectivity index (χ1) is 12.9. The Hall–Kier alpha value is -3.21. The molecule has 0 amide bonds. The van der Waals surface area contributed by atoms with Crippen molar-refractivity contribution < 1.29 is 8.94 Å². The molecule has 0 unspecified atom stereocenters. The third kappa shape index (κ3) is 2.71. The molecule has 0 aliphatic heterocycles. The van der Waals surface area contributed by atoms with Crippen molar-refractivity contribution in [3.05, 3.63) is 89.8 Å². The van der Waals surface area contributed by atoms with Crippen LogP contribution in [-0.4, -0.2) is 15.1 Å². The normalized spacial score (nSPS) is 14.0. The molecule has 5 rings (SSSR count). The third-order valence-corrected chi connectivity index (χ3v) is 4.71. The van der Waals surface area contributed by atoms with E-state index in [9.17, 15) is 0 Å². The van der Waals surface area contributed by atoms with Gasteiger partial charge in [-0.15, -0.1) is 0 Å². The van der Waals surface area contributed by atoms with Gasteiger partial charge in [0, 0.05) is 5.92 Å². The molecule has 5 heteroatoms. The van der Waals surface area contributed by atoms with Crippen LogP contribution < -0.4 is 0 Å². The second-order valence-electron chi connectivity index (χ2n) is 6.55. The Morgan fingerprint density at radius 1 is 0.885 bits per heavy atom. The Morgan fingerprint density at radius 3 is 2.15 bits per heavy atom. The van der Waals surface area contributed by atoms with Gasteiger partial charge in [-0.2, -0.15) is 4.98 Å². The van der Waals surface area contributed by atoms with Crippen LogP contribution in [0.25, 0.3) is 11.6 Å². The standard InChI is InChI=1S/C21H17N3O2/c1-3-7-14(8-4-1)17(15-9-5-2-6-10-15)20-23-21(26-24-20)18-19(16-11-12-16)25-13-22-18/h1-10,13,16-17H,11-12H2. The van der Waals surface area contributed by atoms with Gasteiger partial charge in [0.05, 0.1) is 5.92 Å². The van der Waals surface area contributed by atoms with Crippen molar-refractivity contribution in [3.63, 3.8) is 0 Å². The fourth-order valence-corrected chi connectivity index (χ4v) is 3.28. The second kappa shape index (κ2) is 6.26. The van der Waals surface area contributed by atoms with E-state index >= 15 is 0 Å². The van der Waals surface area contributed by atoms with Gasteiger partial charge in [-0.3, -0.25) is 0 Å². The molecule has 0 bridgehead atoms. The van der Waals surface area contributed by atoms with Gasteiger partial charge in [0.2, 0.25) is 0 Å². The molecule has 1 aliphatic rings. The Morgan fingerprint density at radius 2 is 1.54 bits per heavy atom. The Balaban J connectivity index is 1.57. The van der Waals surface area contributed by atoms with Crippen LogP contribution in [-0.2, 0) is 0 Å². The number of hydrogen-bond acceptors (Lipinski definition) is 5. The van der Waals surface area contributed by atoms with Gasteiger partial charge in [0.15, 0.2) is 17.9 Å². The first-order valence-electron chi connectivity index (χ1n) is 8.77. The van der Waals surface area contributed by atoms with Crippen LogP contribution in [0.1, 0.15) is 47.4 Å². The van der Waals surface area contributed by atoms with Crippen LogP contribution in [0.4, 0.5) is 0 Å². The van der Waals surface area contributed by atoms with E-state index in [1.807, 2.05) is 36.4 Å². The van der Waals surface area contributed by atoms with Crippen LogP contribution in [0.5, 0.6) is 0 Å². The molecular weight excluding hydrogens is 326 g/mol. The molecule has 1 aliphatic carbocycles. The highest BCUT2D eigenvalue weighted by Gasteiger charge is 2.33. The summed E-state index contributed by atoms with van der Waals surface area (Å²) in [6, 6.07) is 20.4. The number of aromatic nitrogens is 3. The van der Waals surface area contributed by atoms with Gasteiger partial charge in [-0.25, -0.2) is 4.98 Å². The Kier molecular flexibility index (Phi) is 3.63. The summed E-state index contributed by atoms with van der Waals surface area (Å²) in [5, 5.41) is 4.28. The van der Waals surface area contributed by atoms with E-state index in [0.717, 1.165) is 29.7 Å². The Labute approximate surface area is 150 Å². The lowest BCUT2D eigenvalue weighted by molar-refractivity contribution is 0.419. The van der Waals surface area contributed by atoms with Crippen LogP contribution >= 0.6 is 0 Å². The van der Waals surface area contributed by atoms with Gasteiger partial charge >= 0.3 is 0 Å². The summed E-state index contributed by atoms with van der Waals surface area (Å²) in [6.45, 7) is 0. The van der Waals surface area contributed by atoms with E-state index in [1.54, 1.807) is 0 Å². The van der Waals surface area contributed by atoms with Crippen molar-refractivity contribution in [2.24, 2.45) is 0 Å². The molecular formula is C21H17N3O2. The van der Waals surface area contributed by atoms with Crippen molar-refractivity contribution >= 4 is 0 Å². The minimum Gasteiger partial charge on any atom is -0.447 e. The highest BCUT2D eigenvalue weighted by molar-refractivity contribution is 5.52. The molecule has 5 nitrogen and oxygen atoms in total. The summed E-state index contributed by atoms with van der Waals surface area (Å²) in [5.74, 6) is 2.25. The molecule has 2 aromatic carbocycles. The molecule has 2 heterocycles. The fourth-order valence-electron chi connectivity index (χ4n) is 3.28. The Bertz CT molecular complexity index is 964. The van der Waals surface area contributed by atoms with Crippen LogP contribution in [0.15, 0.2) is 76.0 Å². The summed E-state index contributed by atoms with van der Waals surface area (Å²) in [6.07, 6.45) is 3.71. The summed E-state index contributed by atoms with van der Waals surface area (Å²) in [7, 11) is 0. The number of rotatable bonds is 5. The molecule has 4 aromatic rings. The number of hydrogen-bond donors (Lipinski definition) is 0. The monoisotopic (exact) mass is 343 g/mol. The average molecular weight is 343 g/mol. The molecule has 1 fully saturated rings. The lowest BCUT2D eigenvalue weighted by atomic mass is 9.91. The molecule has 2 aromatic heterocycles. The van der Waals surface area contributed by atoms with Gasteiger partial charge in [0.1, 0.15) is 5.76 Å². The maximum Gasteiger partial charge on any atom is 0.280 e. The minimum atomic E-state index is -0.0915. The van der Waals surface area contributed by atoms with E-state index < -0.39 is 0 Å². The first-order valence-corrected chi connectivity index (χ1v) is 8.77. The van der Waals surface area contributed by atoms with E-state index in [1.165, 1.54) is 6.39 Å². The van der Waals surface area contributed by atoms with Crippen molar-refractivity contribution in [2.45, 2.75) is 24.7 Å². The van der Waals surface area contributed by atoms with Crippen LogP contribution in [0, 0.1) is 0 Å². The van der Waals surface area contributed by atoms with Crippen molar-refractivity contribution in [3.8, 4) is 11.6 Å². The number of nitrogens with zero attached hydrogens (tertiary/aromatic N) is 3.